The molecule has 1 aromatic rings. The Balaban J connectivity index is 2.81. The molecule has 0 amide bonds. The lowest BCUT2D eigenvalue weighted by Gasteiger charge is -2.18. The molecule has 1 N–H and O–H groups in total. The Morgan fingerprint density at radius 3 is 2.29 bits per heavy atom. The van der Waals surface area contributed by atoms with Crippen LogP contribution in [0.25, 0.3) is 0 Å². The lowest BCUT2D eigenvalue weighted by molar-refractivity contribution is -0.158. The molecule has 0 saturated heterocycles. The lowest BCUT2D eigenvalue weighted by atomic mass is 9.99. The van der Waals surface area contributed by atoms with Crippen LogP contribution < -0.4 is 4.74 Å². The SMILES string of the molecule is C=CCOc1ccc(C(CO)C(F)(F)F)cc1. The first-order valence-corrected chi connectivity index (χ1v) is 5.00. The number of hydrogen-bond donors (Lipinski definition) is 1. The molecule has 0 aliphatic rings. The summed E-state index contributed by atoms with van der Waals surface area (Å²) in [5, 5.41) is 8.76. The van der Waals surface area contributed by atoms with E-state index in [4.69, 9.17) is 9.84 Å². The van der Waals surface area contributed by atoms with E-state index in [9.17, 15) is 13.2 Å². The molecule has 1 rings (SSSR count). The zero-order valence-corrected chi connectivity index (χ0v) is 9.07. The molecule has 0 bridgehead atoms. The van der Waals surface area contributed by atoms with Gasteiger partial charge in [0, 0.05) is 0 Å². The van der Waals surface area contributed by atoms with E-state index in [2.05, 4.69) is 6.58 Å². The molecule has 0 fully saturated rings. The Morgan fingerprint density at radius 2 is 1.88 bits per heavy atom. The van der Waals surface area contributed by atoms with Crippen LogP contribution in [0.2, 0.25) is 0 Å². The summed E-state index contributed by atoms with van der Waals surface area (Å²) < 4.78 is 42.7. The van der Waals surface area contributed by atoms with Gasteiger partial charge < -0.3 is 9.84 Å². The number of benzene rings is 1. The topological polar surface area (TPSA) is 29.5 Å². The average molecular weight is 246 g/mol. The van der Waals surface area contributed by atoms with Crippen LogP contribution in [0.3, 0.4) is 0 Å². The molecule has 1 aromatic carbocycles. The minimum Gasteiger partial charge on any atom is -0.490 e. The maximum Gasteiger partial charge on any atom is 0.397 e. The van der Waals surface area contributed by atoms with Crippen molar-refractivity contribution in [2.75, 3.05) is 13.2 Å². The molecule has 17 heavy (non-hydrogen) atoms. The second kappa shape index (κ2) is 5.72. The van der Waals surface area contributed by atoms with Gasteiger partial charge in [-0.3, -0.25) is 0 Å². The highest BCUT2D eigenvalue weighted by Crippen LogP contribution is 2.34. The van der Waals surface area contributed by atoms with Crippen molar-refractivity contribution < 1.29 is 23.0 Å². The summed E-state index contributed by atoms with van der Waals surface area (Å²) in [6.07, 6.45) is -2.90. The fourth-order valence-electron chi connectivity index (χ4n) is 1.35. The van der Waals surface area contributed by atoms with Crippen LogP contribution in [-0.2, 0) is 0 Å². The quantitative estimate of drug-likeness (QED) is 0.809. The Labute approximate surface area is 97.3 Å². The fourth-order valence-corrected chi connectivity index (χ4v) is 1.35. The van der Waals surface area contributed by atoms with Crippen LogP contribution in [0.4, 0.5) is 13.2 Å². The van der Waals surface area contributed by atoms with Crippen LogP contribution in [0.5, 0.6) is 5.75 Å². The lowest BCUT2D eigenvalue weighted by Crippen LogP contribution is -2.23. The van der Waals surface area contributed by atoms with Crippen molar-refractivity contribution in [2.45, 2.75) is 12.1 Å². The highest BCUT2D eigenvalue weighted by molar-refractivity contribution is 5.30. The predicted octanol–water partition coefficient (Wildman–Crippen LogP) is 2.89. The highest BCUT2D eigenvalue weighted by Gasteiger charge is 2.40. The van der Waals surface area contributed by atoms with Gasteiger partial charge >= 0.3 is 6.18 Å². The number of aliphatic hydroxyl groups is 1. The normalized spacial score (nSPS) is 13.2. The predicted molar refractivity (Wildman–Crippen MR) is 58.0 cm³/mol. The maximum atomic E-state index is 12.5. The second-order valence-corrected chi connectivity index (χ2v) is 3.45. The molecule has 0 saturated carbocycles. The summed E-state index contributed by atoms with van der Waals surface area (Å²) >= 11 is 0. The molecule has 1 atom stereocenters. The molecule has 0 aliphatic heterocycles. The van der Waals surface area contributed by atoms with E-state index < -0.39 is 18.7 Å². The monoisotopic (exact) mass is 246 g/mol. The Hall–Kier alpha value is -1.49. The summed E-state index contributed by atoms with van der Waals surface area (Å²) in [4.78, 5) is 0. The maximum absolute atomic E-state index is 12.5. The van der Waals surface area contributed by atoms with E-state index in [1.54, 1.807) is 6.08 Å². The van der Waals surface area contributed by atoms with Crippen molar-refractivity contribution in [3.05, 3.63) is 42.5 Å². The standard InChI is InChI=1S/C12H13F3O2/c1-2-7-17-10-5-3-9(4-6-10)11(8-16)12(13,14)15/h2-6,11,16H,1,7-8H2. The first-order valence-electron chi connectivity index (χ1n) is 5.00. The average Bonchev–Trinajstić information content (AvgIpc) is 2.27. The number of rotatable bonds is 5. The molecule has 0 heterocycles. The third kappa shape index (κ3) is 3.78. The van der Waals surface area contributed by atoms with Gasteiger partial charge in [-0.15, -0.1) is 0 Å². The van der Waals surface area contributed by atoms with Crippen molar-refractivity contribution >= 4 is 0 Å². The van der Waals surface area contributed by atoms with Gasteiger partial charge in [-0.05, 0) is 17.7 Å². The van der Waals surface area contributed by atoms with Gasteiger partial charge in [-0.1, -0.05) is 24.8 Å². The van der Waals surface area contributed by atoms with E-state index in [0.717, 1.165) is 0 Å². The van der Waals surface area contributed by atoms with Gasteiger partial charge in [-0.25, -0.2) is 0 Å². The summed E-state index contributed by atoms with van der Waals surface area (Å²) in [5.41, 5.74) is 0.0194. The minimum absolute atomic E-state index is 0.0194. The zero-order valence-electron chi connectivity index (χ0n) is 9.07. The minimum atomic E-state index is -4.45. The van der Waals surface area contributed by atoms with E-state index in [1.807, 2.05) is 0 Å². The van der Waals surface area contributed by atoms with Crippen molar-refractivity contribution in [1.29, 1.82) is 0 Å². The molecule has 0 aliphatic carbocycles. The van der Waals surface area contributed by atoms with E-state index in [-0.39, 0.29) is 5.56 Å². The molecular weight excluding hydrogens is 233 g/mol. The van der Waals surface area contributed by atoms with Crippen molar-refractivity contribution in [1.82, 2.24) is 0 Å². The van der Waals surface area contributed by atoms with Crippen molar-refractivity contribution in [3.63, 3.8) is 0 Å². The number of alkyl halides is 3. The molecule has 5 heteroatoms. The first kappa shape index (κ1) is 13.6. The smallest absolute Gasteiger partial charge is 0.397 e. The van der Waals surface area contributed by atoms with Gasteiger partial charge in [0.15, 0.2) is 0 Å². The molecule has 94 valence electrons. The summed E-state index contributed by atoms with van der Waals surface area (Å²) in [7, 11) is 0. The number of halogens is 3. The van der Waals surface area contributed by atoms with Crippen molar-refractivity contribution in [3.8, 4) is 5.75 Å². The Bertz CT molecular complexity index is 357. The van der Waals surface area contributed by atoms with Gasteiger partial charge in [0.25, 0.3) is 0 Å². The number of ether oxygens (including phenoxy) is 1. The van der Waals surface area contributed by atoms with Gasteiger partial charge in [0.05, 0.1) is 6.61 Å². The first-order chi connectivity index (χ1) is 7.99. The molecule has 2 nitrogen and oxygen atoms in total. The highest BCUT2D eigenvalue weighted by atomic mass is 19.4. The number of aliphatic hydroxyl groups excluding tert-OH is 1. The molecule has 0 spiro atoms. The third-order valence-corrected chi connectivity index (χ3v) is 2.23. The van der Waals surface area contributed by atoms with Crippen LogP contribution in [-0.4, -0.2) is 24.5 Å². The largest absolute Gasteiger partial charge is 0.490 e. The summed E-state index contributed by atoms with van der Waals surface area (Å²) in [5.74, 6) is -1.39. The van der Waals surface area contributed by atoms with Gasteiger partial charge in [0.1, 0.15) is 18.3 Å². The fraction of sp³-hybridized carbons (Fsp3) is 0.333. The second-order valence-electron chi connectivity index (χ2n) is 3.45. The summed E-state index contributed by atoms with van der Waals surface area (Å²) in [6.45, 7) is 2.79. The van der Waals surface area contributed by atoms with Crippen LogP contribution in [0, 0.1) is 0 Å². The van der Waals surface area contributed by atoms with Crippen LogP contribution >= 0.6 is 0 Å². The van der Waals surface area contributed by atoms with Crippen molar-refractivity contribution in [2.24, 2.45) is 0 Å². The van der Waals surface area contributed by atoms with Gasteiger partial charge in [0.2, 0.25) is 0 Å². The van der Waals surface area contributed by atoms with Gasteiger partial charge in [-0.2, -0.15) is 13.2 Å². The van der Waals surface area contributed by atoms with E-state index in [0.29, 0.717) is 12.4 Å². The molecule has 0 aromatic heterocycles. The van der Waals surface area contributed by atoms with Crippen LogP contribution in [0.1, 0.15) is 11.5 Å². The van der Waals surface area contributed by atoms with E-state index in [1.165, 1.54) is 24.3 Å². The molecular formula is C12H13F3O2. The van der Waals surface area contributed by atoms with E-state index >= 15 is 0 Å². The molecule has 0 radical (unpaired) electrons. The molecule has 1 unspecified atom stereocenters. The summed E-state index contributed by atoms with van der Waals surface area (Å²) in [6, 6.07) is 5.47. The number of hydrogen-bond acceptors (Lipinski definition) is 2. The Kier molecular flexibility index (Phi) is 4.57. The van der Waals surface area contributed by atoms with Crippen LogP contribution in [0.15, 0.2) is 36.9 Å². The Morgan fingerprint density at radius 1 is 1.29 bits per heavy atom. The third-order valence-electron chi connectivity index (χ3n) is 2.23. The zero-order chi connectivity index (χ0) is 12.9.